The van der Waals surface area contributed by atoms with Crippen LogP contribution in [0.2, 0.25) is 0 Å². The minimum absolute atomic E-state index is 0.00226. The minimum Gasteiger partial charge on any atom is -0.502 e. The number of carbonyl (C=O) groups is 1. The zero-order chi connectivity index (χ0) is 28.8. The molecule has 0 unspecified atom stereocenters. The van der Waals surface area contributed by atoms with Crippen LogP contribution in [0.15, 0.2) is 67.3 Å². The highest BCUT2D eigenvalue weighted by Gasteiger charge is 2.35. The Labute approximate surface area is 233 Å². The Morgan fingerprint density at radius 2 is 1.98 bits per heavy atom. The molecule has 6 rings (SSSR count). The number of nitrogens with two attached hydrogens (primary N) is 1. The quantitative estimate of drug-likeness (QED) is 0.310. The number of likely N-dealkylation sites (tertiary alicyclic amines) is 1. The van der Waals surface area contributed by atoms with Gasteiger partial charge in [0.25, 0.3) is 11.1 Å². The second-order valence-corrected chi connectivity index (χ2v) is 10.9. The molecule has 5 heterocycles. The van der Waals surface area contributed by atoms with Crippen LogP contribution in [0.3, 0.4) is 0 Å². The fraction of sp³-hybridized carbons (Fsp3) is 0.333. The molecule has 1 saturated heterocycles. The molecule has 2 aliphatic rings. The molecule has 11 nitrogen and oxygen atoms in total. The summed E-state index contributed by atoms with van der Waals surface area (Å²) in [5, 5.41) is 11.4. The van der Waals surface area contributed by atoms with E-state index in [1.165, 1.54) is 13.2 Å². The normalized spacial score (nSPS) is 19.0. The smallest absolute Gasteiger partial charge is 0.252 e. The largest absolute Gasteiger partial charge is 0.502 e. The first-order chi connectivity index (χ1) is 19.7. The molecule has 0 aliphatic carbocycles. The van der Waals surface area contributed by atoms with E-state index in [4.69, 9.17) is 14.9 Å². The lowest BCUT2D eigenvalue weighted by Crippen LogP contribution is -2.46. The van der Waals surface area contributed by atoms with Gasteiger partial charge in [0, 0.05) is 66.3 Å². The second kappa shape index (κ2) is 10.4. The maximum Gasteiger partial charge on any atom is 0.252 e. The molecule has 0 radical (unpaired) electrons. The van der Waals surface area contributed by atoms with Gasteiger partial charge in [0.1, 0.15) is 11.5 Å². The van der Waals surface area contributed by atoms with Crippen molar-refractivity contribution >= 4 is 16.8 Å². The molecule has 0 spiro atoms. The first-order valence-electron chi connectivity index (χ1n) is 13.5. The van der Waals surface area contributed by atoms with Crippen LogP contribution in [0.25, 0.3) is 10.9 Å². The minimum atomic E-state index is -1.10. The maximum atomic E-state index is 13.1. The molecule has 1 fully saturated rings. The van der Waals surface area contributed by atoms with E-state index in [-0.39, 0.29) is 41.7 Å². The van der Waals surface area contributed by atoms with E-state index in [9.17, 15) is 24.3 Å². The first kappa shape index (κ1) is 26.6. The Bertz CT molecular complexity index is 1840. The standard InChI is InChI=1S/C30H30N4O7/c1-40-19-5-6-23-17(8-19)9-22(30(39)32-23)21(11-26(31)36)29-28(38)25(35)10-20(41-29)15-33-12-16-7-18(14-33)24-3-2-4-27(37)34(24)13-16/h2-6,8-10,16,18,21,38H,7,11-15H2,1H3,(H2,31,36)(H,32,39)/t16-,18+,21-/m1/s1. The summed E-state index contributed by atoms with van der Waals surface area (Å²) < 4.78 is 13.2. The van der Waals surface area contributed by atoms with Crippen molar-refractivity contribution in [1.29, 1.82) is 0 Å². The number of nitrogens with one attached hydrogen (secondary N) is 1. The summed E-state index contributed by atoms with van der Waals surface area (Å²) in [6.45, 7) is 2.27. The molecule has 1 aromatic carbocycles. The molecule has 2 bridgehead atoms. The summed E-state index contributed by atoms with van der Waals surface area (Å²) in [6.07, 6.45) is 0.610. The van der Waals surface area contributed by atoms with E-state index in [1.54, 1.807) is 36.4 Å². The van der Waals surface area contributed by atoms with Gasteiger partial charge in [0.05, 0.1) is 19.6 Å². The summed E-state index contributed by atoms with van der Waals surface area (Å²) >= 11 is 0. The first-order valence-corrected chi connectivity index (χ1v) is 13.5. The Balaban J connectivity index is 1.36. The van der Waals surface area contributed by atoms with Gasteiger partial charge in [-0.2, -0.15) is 0 Å². The predicted molar refractivity (Wildman–Crippen MR) is 150 cm³/mol. The van der Waals surface area contributed by atoms with E-state index < -0.39 is 28.6 Å². The number of hydrogen-bond acceptors (Lipinski definition) is 8. The van der Waals surface area contributed by atoms with E-state index in [1.807, 2.05) is 10.6 Å². The second-order valence-electron chi connectivity index (χ2n) is 10.9. The Kier molecular flexibility index (Phi) is 6.74. The number of ether oxygens (including phenoxy) is 1. The lowest BCUT2D eigenvalue weighted by atomic mass is 9.83. The average molecular weight is 559 g/mol. The van der Waals surface area contributed by atoms with Gasteiger partial charge in [-0.05, 0) is 42.7 Å². The molecule has 212 valence electrons. The number of hydrogen-bond donors (Lipinski definition) is 3. The van der Waals surface area contributed by atoms with Gasteiger partial charge in [0.15, 0.2) is 5.76 Å². The van der Waals surface area contributed by atoms with Crippen LogP contribution < -0.4 is 27.0 Å². The number of amides is 1. The Morgan fingerprint density at radius 1 is 1.15 bits per heavy atom. The van der Waals surface area contributed by atoms with Crippen LogP contribution in [-0.4, -0.2) is 45.7 Å². The summed E-state index contributed by atoms with van der Waals surface area (Å²) in [4.78, 5) is 55.5. The van der Waals surface area contributed by atoms with E-state index in [0.29, 0.717) is 42.0 Å². The monoisotopic (exact) mass is 558 g/mol. The number of piperidine rings is 1. The van der Waals surface area contributed by atoms with Crippen molar-refractivity contribution in [3.05, 3.63) is 102 Å². The van der Waals surface area contributed by atoms with Gasteiger partial charge in [-0.1, -0.05) is 6.07 Å². The van der Waals surface area contributed by atoms with Crippen LogP contribution in [-0.2, 0) is 17.9 Å². The van der Waals surface area contributed by atoms with Crippen LogP contribution in [0.5, 0.6) is 11.5 Å². The number of fused-ring (bicyclic) bond motifs is 5. The van der Waals surface area contributed by atoms with Gasteiger partial charge < -0.3 is 29.5 Å². The number of nitrogens with zero attached hydrogens (tertiary/aromatic N) is 2. The lowest BCUT2D eigenvalue weighted by Gasteiger charge is -2.42. The van der Waals surface area contributed by atoms with Crippen molar-refractivity contribution < 1.29 is 19.1 Å². The number of aromatic amines is 1. The van der Waals surface area contributed by atoms with Crippen molar-refractivity contribution in [3.8, 4) is 11.5 Å². The zero-order valence-corrected chi connectivity index (χ0v) is 22.5. The predicted octanol–water partition coefficient (Wildman–Crippen LogP) is 1.98. The number of aromatic hydroxyl groups is 1. The van der Waals surface area contributed by atoms with E-state index in [0.717, 1.165) is 12.1 Å². The molecule has 4 aromatic rings. The molecule has 3 atom stereocenters. The summed E-state index contributed by atoms with van der Waals surface area (Å²) in [6, 6.07) is 13.3. The zero-order valence-electron chi connectivity index (χ0n) is 22.5. The molecule has 4 N–H and O–H groups in total. The van der Waals surface area contributed by atoms with Crippen LogP contribution >= 0.6 is 0 Å². The van der Waals surface area contributed by atoms with Crippen molar-refractivity contribution in [2.45, 2.75) is 37.8 Å². The third-order valence-electron chi connectivity index (χ3n) is 8.11. The molecular weight excluding hydrogens is 528 g/mol. The SMILES string of the molecule is COc1ccc2[nH]c(=O)c([C@@H](CC(N)=O)c3oc(CN4C[C@H]5C[C@@H](C4)c4cccc(=O)n4C5)cc(=O)c3O)cc2c1. The van der Waals surface area contributed by atoms with Gasteiger partial charge in [0.2, 0.25) is 17.1 Å². The average Bonchev–Trinajstić information content (AvgIpc) is 2.93. The summed E-state index contributed by atoms with van der Waals surface area (Å²) in [7, 11) is 1.52. The van der Waals surface area contributed by atoms with E-state index >= 15 is 0 Å². The van der Waals surface area contributed by atoms with Gasteiger partial charge in [-0.3, -0.25) is 24.1 Å². The molecule has 1 amide bonds. The maximum absolute atomic E-state index is 13.1. The fourth-order valence-corrected chi connectivity index (χ4v) is 6.35. The van der Waals surface area contributed by atoms with Crippen LogP contribution in [0.4, 0.5) is 0 Å². The van der Waals surface area contributed by atoms with Crippen LogP contribution in [0, 0.1) is 5.92 Å². The Morgan fingerprint density at radius 3 is 2.76 bits per heavy atom. The van der Waals surface area contributed by atoms with Crippen LogP contribution in [0.1, 0.15) is 47.5 Å². The summed E-state index contributed by atoms with van der Waals surface area (Å²) in [5.74, 6) is -1.40. The molecule has 3 aromatic heterocycles. The molecular formula is C30H30N4O7. The Hall–Kier alpha value is -4.64. The lowest BCUT2D eigenvalue weighted by molar-refractivity contribution is -0.118. The molecule has 0 saturated carbocycles. The third-order valence-corrected chi connectivity index (χ3v) is 8.11. The van der Waals surface area contributed by atoms with E-state index in [2.05, 4.69) is 9.88 Å². The third kappa shape index (κ3) is 5.04. The summed E-state index contributed by atoms with van der Waals surface area (Å²) in [5.41, 5.74) is 6.05. The number of pyridine rings is 2. The highest BCUT2D eigenvalue weighted by molar-refractivity contribution is 5.81. The highest BCUT2D eigenvalue weighted by atomic mass is 16.5. The number of rotatable bonds is 7. The molecule has 11 heteroatoms. The number of benzene rings is 1. The van der Waals surface area contributed by atoms with Gasteiger partial charge in [-0.25, -0.2) is 0 Å². The van der Waals surface area contributed by atoms with Crippen molar-refractivity contribution in [1.82, 2.24) is 14.5 Å². The highest BCUT2D eigenvalue weighted by Crippen LogP contribution is 2.37. The number of carbonyl (C=O) groups excluding carboxylic acids is 1. The number of methoxy groups -OCH3 is 1. The van der Waals surface area contributed by atoms with Gasteiger partial charge >= 0.3 is 0 Å². The number of H-pyrrole nitrogens is 1. The number of aromatic nitrogens is 2. The number of primary amides is 1. The van der Waals surface area contributed by atoms with Gasteiger partial charge in [-0.15, -0.1) is 0 Å². The molecule has 2 aliphatic heterocycles. The molecule has 41 heavy (non-hydrogen) atoms. The fourth-order valence-electron chi connectivity index (χ4n) is 6.35. The van der Waals surface area contributed by atoms with Crippen molar-refractivity contribution in [3.63, 3.8) is 0 Å². The topological polar surface area (TPSA) is 161 Å². The van der Waals surface area contributed by atoms with Crippen molar-refractivity contribution in [2.75, 3.05) is 20.2 Å². The van der Waals surface area contributed by atoms with Crippen molar-refractivity contribution in [2.24, 2.45) is 11.7 Å².